The van der Waals surface area contributed by atoms with Crippen LogP contribution in [-0.2, 0) is 4.79 Å². The molecule has 0 aliphatic carbocycles. The minimum Gasteiger partial charge on any atom is -0.507 e. The monoisotopic (exact) mass is 497 g/mol. The van der Waals surface area contributed by atoms with Crippen molar-refractivity contribution in [3.05, 3.63) is 92.4 Å². The Morgan fingerprint density at radius 1 is 0.973 bits per heavy atom. The second kappa shape index (κ2) is 8.27. The molecular weight excluding hydrogens is 478 g/mol. The van der Waals surface area contributed by atoms with E-state index in [9.17, 15) is 24.6 Å². The van der Waals surface area contributed by atoms with Gasteiger partial charge in [0.05, 0.1) is 13.5 Å². The number of phenols is 2. The van der Waals surface area contributed by atoms with Crippen LogP contribution in [0.3, 0.4) is 0 Å². The number of aromatic hydroxyl groups is 2. The van der Waals surface area contributed by atoms with Crippen LogP contribution >= 0.6 is 0 Å². The van der Waals surface area contributed by atoms with E-state index in [1.807, 2.05) is 12.1 Å². The lowest BCUT2D eigenvalue weighted by Gasteiger charge is -2.25. The number of methoxy groups -OCH3 is 1. The number of benzene rings is 3. The number of hydrogen-bond donors (Lipinski definition) is 3. The number of hydrogen-bond acceptors (Lipinski definition) is 8. The Hall–Kier alpha value is -5.05. The van der Waals surface area contributed by atoms with Crippen LogP contribution in [-0.4, -0.2) is 28.3 Å². The van der Waals surface area contributed by atoms with Gasteiger partial charge in [0.25, 0.3) is 5.56 Å². The molecule has 0 radical (unpaired) electrons. The Kier molecular flexibility index (Phi) is 5.01. The van der Waals surface area contributed by atoms with Gasteiger partial charge in [-0.3, -0.25) is 14.4 Å². The molecule has 3 aromatic carbocycles. The number of carbonyl (C=O) groups is 1. The zero-order valence-electron chi connectivity index (χ0n) is 19.4. The van der Waals surface area contributed by atoms with Crippen LogP contribution in [0.15, 0.2) is 74.7 Å². The molecule has 0 fully saturated rings. The summed E-state index contributed by atoms with van der Waals surface area (Å²) < 4.78 is 16.6. The van der Waals surface area contributed by atoms with E-state index >= 15 is 0 Å². The molecule has 0 saturated heterocycles. The standard InChI is InChI=1S/C28H19NO8/c1-35-21-7-6-14(9-18(21)30)22-11-19(31)26-20(32)12-23-25(27(26)37-22)15(10-24(33)36-23)16-8-13-4-2-3-5-17(13)29-28(16)34/h2-9,11-12,15,30,32H,10H2,1H3,(H,29,34)/t15-/m1/s1. The van der Waals surface area contributed by atoms with E-state index in [0.717, 1.165) is 5.39 Å². The van der Waals surface area contributed by atoms with Gasteiger partial charge in [0.1, 0.15) is 28.2 Å². The minimum absolute atomic E-state index is 0.00307. The van der Waals surface area contributed by atoms with Crippen molar-refractivity contribution in [3.8, 4) is 34.3 Å². The molecule has 1 aliphatic heterocycles. The summed E-state index contributed by atoms with van der Waals surface area (Å²) in [4.78, 5) is 41.6. The van der Waals surface area contributed by atoms with Gasteiger partial charge in [-0.1, -0.05) is 18.2 Å². The SMILES string of the molecule is COc1ccc(-c2cc(=O)c3c(O)cc4c(c3o2)[C@@H](c2cc3ccccc3[nH]c2=O)CC(=O)O4)cc1O. The average molecular weight is 497 g/mol. The first-order valence-corrected chi connectivity index (χ1v) is 11.4. The van der Waals surface area contributed by atoms with Gasteiger partial charge in [-0.15, -0.1) is 0 Å². The summed E-state index contributed by atoms with van der Waals surface area (Å²) in [6.45, 7) is 0. The molecule has 9 nitrogen and oxygen atoms in total. The number of carbonyl (C=O) groups excluding carboxylic acids is 1. The Bertz CT molecular complexity index is 1870. The maximum atomic E-state index is 13.2. The van der Waals surface area contributed by atoms with Crippen LogP contribution in [0.25, 0.3) is 33.2 Å². The molecular formula is C28H19NO8. The van der Waals surface area contributed by atoms with Crippen molar-refractivity contribution in [1.29, 1.82) is 0 Å². The van der Waals surface area contributed by atoms with Gasteiger partial charge in [-0.2, -0.15) is 0 Å². The normalized spacial score (nSPS) is 14.9. The number of fused-ring (bicyclic) bond motifs is 4. The molecule has 6 rings (SSSR count). The third-order valence-corrected chi connectivity index (χ3v) is 6.55. The fraction of sp³-hybridized carbons (Fsp3) is 0.107. The van der Waals surface area contributed by atoms with E-state index in [0.29, 0.717) is 22.2 Å². The Morgan fingerprint density at radius 3 is 2.57 bits per heavy atom. The Balaban J connectivity index is 1.64. The second-order valence-corrected chi connectivity index (χ2v) is 8.74. The van der Waals surface area contributed by atoms with Crippen molar-refractivity contribution < 1.29 is 28.9 Å². The quantitative estimate of drug-likeness (QED) is 0.249. The molecule has 184 valence electrons. The fourth-order valence-electron chi connectivity index (χ4n) is 4.83. The second-order valence-electron chi connectivity index (χ2n) is 8.74. The van der Waals surface area contributed by atoms with Crippen molar-refractivity contribution in [2.45, 2.75) is 12.3 Å². The number of esters is 1. The molecule has 0 spiro atoms. The van der Waals surface area contributed by atoms with Crippen molar-refractivity contribution in [2.24, 2.45) is 0 Å². The van der Waals surface area contributed by atoms with Crippen molar-refractivity contribution in [2.75, 3.05) is 7.11 Å². The number of H-pyrrole nitrogens is 1. The number of rotatable bonds is 3. The van der Waals surface area contributed by atoms with Crippen molar-refractivity contribution in [1.82, 2.24) is 4.98 Å². The van der Waals surface area contributed by atoms with Crippen LogP contribution < -0.4 is 20.5 Å². The van der Waals surface area contributed by atoms with E-state index in [1.165, 1.54) is 31.4 Å². The summed E-state index contributed by atoms with van der Waals surface area (Å²) in [5, 5.41) is 21.5. The third kappa shape index (κ3) is 3.59. The molecule has 37 heavy (non-hydrogen) atoms. The summed E-state index contributed by atoms with van der Waals surface area (Å²) in [5.74, 6) is -1.65. The molecule has 0 bridgehead atoms. The van der Waals surface area contributed by atoms with Crippen LogP contribution in [0.2, 0.25) is 0 Å². The molecule has 0 amide bonds. The van der Waals surface area contributed by atoms with Gasteiger partial charge < -0.3 is 29.1 Å². The van der Waals surface area contributed by atoms with E-state index in [4.69, 9.17) is 13.9 Å². The number of ether oxygens (including phenoxy) is 2. The van der Waals surface area contributed by atoms with Gasteiger partial charge in [-0.05, 0) is 35.7 Å². The number of pyridine rings is 1. The lowest BCUT2D eigenvalue weighted by molar-refractivity contribution is -0.135. The summed E-state index contributed by atoms with van der Waals surface area (Å²) in [6, 6.07) is 15.8. The highest BCUT2D eigenvalue weighted by atomic mass is 16.5. The van der Waals surface area contributed by atoms with Gasteiger partial charge in [0.15, 0.2) is 16.9 Å². The van der Waals surface area contributed by atoms with Crippen LogP contribution in [0.5, 0.6) is 23.0 Å². The first-order chi connectivity index (χ1) is 17.8. The molecule has 3 heterocycles. The highest BCUT2D eigenvalue weighted by Crippen LogP contribution is 2.45. The zero-order valence-corrected chi connectivity index (χ0v) is 19.4. The predicted molar refractivity (Wildman–Crippen MR) is 134 cm³/mol. The molecule has 3 N–H and O–H groups in total. The number of para-hydroxylation sites is 1. The maximum absolute atomic E-state index is 13.2. The first kappa shape index (κ1) is 22.4. The van der Waals surface area contributed by atoms with Gasteiger partial charge in [0, 0.05) is 40.3 Å². The summed E-state index contributed by atoms with van der Waals surface area (Å²) in [5.41, 5.74) is 0.640. The Morgan fingerprint density at radius 2 is 1.78 bits per heavy atom. The number of aromatic nitrogens is 1. The van der Waals surface area contributed by atoms with Gasteiger partial charge in [-0.25, -0.2) is 0 Å². The molecule has 1 aliphatic rings. The fourth-order valence-corrected chi connectivity index (χ4v) is 4.83. The lowest BCUT2D eigenvalue weighted by atomic mass is 9.85. The summed E-state index contributed by atoms with van der Waals surface area (Å²) >= 11 is 0. The number of nitrogens with one attached hydrogen (secondary N) is 1. The van der Waals surface area contributed by atoms with Gasteiger partial charge >= 0.3 is 5.97 Å². The minimum atomic E-state index is -0.810. The maximum Gasteiger partial charge on any atom is 0.312 e. The number of phenolic OH excluding ortho intramolecular Hbond substituents is 2. The highest BCUT2D eigenvalue weighted by molar-refractivity contribution is 5.93. The topological polar surface area (TPSA) is 139 Å². The summed E-state index contributed by atoms with van der Waals surface area (Å²) in [7, 11) is 1.41. The van der Waals surface area contributed by atoms with Crippen molar-refractivity contribution in [3.63, 3.8) is 0 Å². The van der Waals surface area contributed by atoms with Crippen molar-refractivity contribution >= 4 is 27.8 Å². The van der Waals surface area contributed by atoms with Crippen LogP contribution in [0, 0.1) is 0 Å². The Labute approximate surface area is 208 Å². The first-order valence-electron chi connectivity index (χ1n) is 11.4. The van der Waals surface area contributed by atoms with E-state index in [-0.39, 0.29) is 40.4 Å². The third-order valence-electron chi connectivity index (χ3n) is 6.55. The predicted octanol–water partition coefficient (Wildman–Crippen LogP) is 4.16. The largest absolute Gasteiger partial charge is 0.507 e. The zero-order chi connectivity index (χ0) is 25.8. The molecule has 1 atom stereocenters. The van der Waals surface area contributed by atoms with Crippen LogP contribution in [0.1, 0.15) is 23.5 Å². The lowest BCUT2D eigenvalue weighted by Crippen LogP contribution is -2.26. The van der Waals surface area contributed by atoms with E-state index < -0.39 is 28.6 Å². The highest BCUT2D eigenvalue weighted by Gasteiger charge is 2.35. The average Bonchev–Trinajstić information content (AvgIpc) is 2.87. The van der Waals surface area contributed by atoms with Gasteiger partial charge in [0.2, 0.25) is 0 Å². The smallest absolute Gasteiger partial charge is 0.312 e. The molecule has 9 heteroatoms. The number of aromatic amines is 1. The van der Waals surface area contributed by atoms with E-state index in [1.54, 1.807) is 24.3 Å². The molecule has 2 aromatic heterocycles. The van der Waals surface area contributed by atoms with Crippen LogP contribution in [0.4, 0.5) is 0 Å². The summed E-state index contributed by atoms with van der Waals surface area (Å²) in [6.07, 6.45) is -0.175. The van der Waals surface area contributed by atoms with E-state index in [2.05, 4.69) is 4.98 Å². The molecule has 0 unspecified atom stereocenters. The molecule has 5 aromatic rings. The molecule has 0 saturated carbocycles.